The largest absolute Gasteiger partial charge is 0.478 e. The number of aromatic nitrogens is 1. The van der Waals surface area contributed by atoms with Crippen LogP contribution in [-0.4, -0.2) is 16.1 Å². The van der Waals surface area contributed by atoms with Gasteiger partial charge in [-0.25, -0.2) is 4.79 Å². The molecule has 0 aliphatic rings. The van der Waals surface area contributed by atoms with Crippen molar-refractivity contribution in [2.24, 2.45) is 0 Å². The molecule has 0 radical (unpaired) electrons. The van der Waals surface area contributed by atoms with Crippen LogP contribution >= 0.6 is 23.8 Å². The third kappa shape index (κ3) is 2.54. The van der Waals surface area contributed by atoms with E-state index in [1.165, 1.54) is 6.07 Å². The quantitative estimate of drug-likeness (QED) is 0.813. The summed E-state index contributed by atoms with van der Waals surface area (Å²) < 4.78 is 0.213. The fourth-order valence-electron chi connectivity index (χ4n) is 1.44. The van der Waals surface area contributed by atoms with Crippen LogP contribution in [0.5, 0.6) is 0 Å². The molecule has 0 saturated heterocycles. The van der Waals surface area contributed by atoms with Crippen molar-refractivity contribution in [2.45, 2.75) is 0 Å². The van der Waals surface area contributed by atoms with Crippen molar-refractivity contribution in [1.82, 2.24) is 4.98 Å². The zero-order valence-electron chi connectivity index (χ0n) is 8.61. The molecule has 17 heavy (non-hydrogen) atoms. The molecule has 0 amide bonds. The number of pyridine rings is 1. The van der Waals surface area contributed by atoms with Crippen LogP contribution in [0.3, 0.4) is 0 Å². The predicted octanol–water partition coefficient (Wildman–Crippen LogP) is 3.76. The lowest BCUT2D eigenvalue weighted by Crippen LogP contribution is -1.99. The van der Waals surface area contributed by atoms with Crippen LogP contribution in [0.25, 0.3) is 11.3 Å². The third-order valence-corrected chi connectivity index (χ3v) is 2.87. The minimum atomic E-state index is -1.03. The molecule has 0 atom stereocenters. The minimum Gasteiger partial charge on any atom is -0.478 e. The van der Waals surface area contributed by atoms with Gasteiger partial charge in [0.1, 0.15) is 4.64 Å². The molecule has 1 aromatic heterocycles. The molecule has 0 unspecified atom stereocenters. The number of aromatic amines is 1. The monoisotopic (exact) mass is 265 g/mol. The van der Waals surface area contributed by atoms with Crippen molar-refractivity contribution in [3.8, 4) is 11.3 Å². The molecule has 0 aliphatic heterocycles. The van der Waals surface area contributed by atoms with E-state index < -0.39 is 5.97 Å². The molecule has 2 N–H and O–H groups in total. The van der Waals surface area contributed by atoms with Crippen LogP contribution in [0.15, 0.2) is 36.4 Å². The molecule has 1 aromatic carbocycles. The van der Waals surface area contributed by atoms with Gasteiger partial charge in [-0.05, 0) is 29.8 Å². The van der Waals surface area contributed by atoms with Crippen LogP contribution in [0.1, 0.15) is 10.4 Å². The summed E-state index contributed by atoms with van der Waals surface area (Å²) in [4.78, 5) is 13.7. The summed E-state index contributed by atoms with van der Waals surface area (Å²) >= 11 is 10.8. The van der Waals surface area contributed by atoms with E-state index in [1.54, 1.807) is 18.2 Å². The van der Waals surface area contributed by atoms with Crippen molar-refractivity contribution in [3.05, 3.63) is 51.6 Å². The second-order valence-electron chi connectivity index (χ2n) is 3.43. The first-order valence-electron chi connectivity index (χ1n) is 4.80. The van der Waals surface area contributed by atoms with Crippen LogP contribution in [-0.2, 0) is 0 Å². The van der Waals surface area contributed by atoms with Gasteiger partial charge >= 0.3 is 5.97 Å². The Morgan fingerprint density at radius 3 is 2.35 bits per heavy atom. The summed E-state index contributed by atoms with van der Waals surface area (Å²) in [5, 5.41) is 9.51. The second kappa shape index (κ2) is 4.69. The molecule has 0 bridgehead atoms. The number of carboxylic acid groups (broad SMARTS) is 1. The topological polar surface area (TPSA) is 53.1 Å². The SMILES string of the molecule is O=C(O)c1ccc(-c2ccc(Cl)cc2)[nH]c1=S. The average Bonchev–Trinajstić information content (AvgIpc) is 2.29. The Balaban J connectivity index is 2.48. The van der Waals surface area contributed by atoms with E-state index >= 15 is 0 Å². The van der Waals surface area contributed by atoms with Crippen molar-refractivity contribution in [1.29, 1.82) is 0 Å². The smallest absolute Gasteiger partial charge is 0.338 e. The maximum atomic E-state index is 10.8. The normalized spacial score (nSPS) is 10.2. The number of H-pyrrole nitrogens is 1. The van der Waals surface area contributed by atoms with Gasteiger partial charge in [-0.15, -0.1) is 0 Å². The number of nitrogens with one attached hydrogen (secondary N) is 1. The van der Waals surface area contributed by atoms with Gasteiger partial charge in [0, 0.05) is 10.7 Å². The number of hydrogen-bond acceptors (Lipinski definition) is 2. The summed E-state index contributed by atoms with van der Waals surface area (Å²) in [6.07, 6.45) is 0. The molecular weight excluding hydrogens is 258 g/mol. The van der Waals surface area contributed by atoms with Gasteiger partial charge in [-0.1, -0.05) is 36.0 Å². The Kier molecular flexibility index (Phi) is 3.26. The molecule has 2 rings (SSSR count). The van der Waals surface area contributed by atoms with Crippen LogP contribution < -0.4 is 0 Å². The van der Waals surface area contributed by atoms with Crippen LogP contribution in [0.2, 0.25) is 5.02 Å². The highest BCUT2D eigenvalue weighted by Gasteiger charge is 2.06. The number of aromatic carboxylic acids is 1. The van der Waals surface area contributed by atoms with Crippen molar-refractivity contribution >= 4 is 29.8 Å². The van der Waals surface area contributed by atoms with Crippen molar-refractivity contribution in [3.63, 3.8) is 0 Å². The average molecular weight is 266 g/mol. The Hall–Kier alpha value is -1.65. The first-order chi connectivity index (χ1) is 8.08. The Bertz CT molecular complexity index is 619. The Morgan fingerprint density at radius 2 is 1.82 bits per heavy atom. The van der Waals surface area contributed by atoms with Gasteiger partial charge in [-0.2, -0.15) is 0 Å². The van der Waals surface area contributed by atoms with Gasteiger partial charge in [0.15, 0.2) is 0 Å². The van der Waals surface area contributed by atoms with Gasteiger partial charge in [-0.3, -0.25) is 0 Å². The highest BCUT2D eigenvalue weighted by Crippen LogP contribution is 2.20. The Morgan fingerprint density at radius 1 is 1.18 bits per heavy atom. The predicted molar refractivity (Wildman–Crippen MR) is 69.0 cm³/mol. The van der Waals surface area contributed by atoms with Gasteiger partial charge in [0.25, 0.3) is 0 Å². The number of carboxylic acids is 1. The molecule has 0 fully saturated rings. The molecule has 2 aromatic rings. The summed E-state index contributed by atoms with van der Waals surface area (Å²) in [6.45, 7) is 0. The lowest BCUT2D eigenvalue weighted by Gasteiger charge is -2.03. The number of halogens is 1. The molecule has 0 aliphatic carbocycles. The zero-order chi connectivity index (χ0) is 12.4. The molecule has 86 valence electrons. The van der Waals surface area contributed by atoms with Crippen LogP contribution in [0, 0.1) is 4.64 Å². The van der Waals surface area contributed by atoms with E-state index in [1.807, 2.05) is 12.1 Å². The Labute approximate surface area is 108 Å². The first-order valence-corrected chi connectivity index (χ1v) is 5.59. The van der Waals surface area contributed by atoms with E-state index in [0.29, 0.717) is 5.02 Å². The van der Waals surface area contributed by atoms with E-state index in [-0.39, 0.29) is 10.2 Å². The summed E-state index contributed by atoms with van der Waals surface area (Å²) in [7, 11) is 0. The molecule has 1 heterocycles. The highest BCUT2D eigenvalue weighted by molar-refractivity contribution is 7.71. The first kappa shape index (κ1) is 11.8. The van der Waals surface area contributed by atoms with Crippen molar-refractivity contribution < 1.29 is 9.90 Å². The maximum Gasteiger partial charge on any atom is 0.338 e. The van der Waals surface area contributed by atoms with Crippen molar-refractivity contribution in [2.75, 3.05) is 0 Å². The summed E-state index contributed by atoms with van der Waals surface area (Å²) in [5.74, 6) is -1.03. The molecule has 0 spiro atoms. The second-order valence-corrected chi connectivity index (χ2v) is 4.27. The number of carbonyl (C=O) groups is 1. The molecule has 5 heteroatoms. The molecular formula is C12H8ClNO2S. The van der Waals surface area contributed by atoms with E-state index in [9.17, 15) is 4.79 Å². The number of benzene rings is 1. The molecule has 0 saturated carbocycles. The van der Waals surface area contributed by atoms with Gasteiger partial charge < -0.3 is 10.1 Å². The summed E-state index contributed by atoms with van der Waals surface area (Å²) in [6, 6.07) is 10.4. The highest BCUT2D eigenvalue weighted by atomic mass is 35.5. The van der Waals surface area contributed by atoms with Gasteiger partial charge in [0.05, 0.1) is 5.56 Å². The standard InChI is InChI=1S/C12H8ClNO2S/c13-8-3-1-7(2-4-8)10-6-5-9(12(15)16)11(17)14-10/h1-6H,(H,14,17)(H,15,16). The third-order valence-electron chi connectivity index (χ3n) is 2.30. The lowest BCUT2D eigenvalue weighted by molar-refractivity contribution is 0.0696. The minimum absolute atomic E-state index is 0.0951. The number of hydrogen-bond donors (Lipinski definition) is 2. The van der Waals surface area contributed by atoms with Crippen LogP contribution in [0.4, 0.5) is 0 Å². The fraction of sp³-hybridized carbons (Fsp3) is 0. The van der Waals surface area contributed by atoms with E-state index in [4.69, 9.17) is 28.9 Å². The fourth-order valence-corrected chi connectivity index (χ4v) is 1.83. The maximum absolute atomic E-state index is 10.8. The summed E-state index contributed by atoms with van der Waals surface area (Å²) in [5.41, 5.74) is 1.76. The number of rotatable bonds is 2. The lowest BCUT2D eigenvalue weighted by atomic mass is 10.1. The van der Waals surface area contributed by atoms with E-state index in [2.05, 4.69) is 4.98 Å². The van der Waals surface area contributed by atoms with Gasteiger partial charge in [0.2, 0.25) is 0 Å². The molecule has 3 nitrogen and oxygen atoms in total. The zero-order valence-corrected chi connectivity index (χ0v) is 10.2. The van der Waals surface area contributed by atoms with E-state index in [0.717, 1.165) is 11.3 Å².